The summed E-state index contributed by atoms with van der Waals surface area (Å²) >= 11 is 3.28. The Bertz CT molecular complexity index is 470. The minimum atomic E-state index is -0.335. The summed E-state index contributed by atoms with van der Waals surface area (Å²) in [5.41, 5.74) is 5.98. The van der Waals surface area contributed by atoms with E-state index in [0.29, 0.717) is 11.3 Å². The number of anilines is 1. The van der Waals surface area contributed by atoms with Crippen LogP contribution in [-0.2, 0) is 0 Å². The molecule has 0 saturated heterocycles. The maximum Gasteiger partial charge on any atom is 0.170 e. The zero-order valence-electron chi connectivity index (χ0n) is 7.00. The van der Waals surface area contributed by atoms with Crippen molar-refractivity contribution in [1.82, 2.24) is 5.16 Å². The zero-order chi connectivity index (χ0) is 10.1. The van der Waals surface area contributed by atoms with Crippen LogP contribution in [0.1, 0.15) is 0 Å². The highest BCUT2D eigenvalue weighted by atomic mass is 79.9. The van der Waals surface area contributed by atoms with Gasteiger partial charge >= 0.3 is 0 Å². The summed E-state index contributed by atoms with van der Waals surface area (Å²) in [6, 6.07) is 5.85. The summed E-state index contributed by atoms with van der Waals surface area (Å²) in [5.74, 6) is 0.378. The van der Waals surface area contributed by atoms with Gasteiger partial charge in [-0.3, -0.25) is 0 Å². The van der Waals surface area contributed by atoms with Crippen LogP contribution in [0.5, 0.6) is 0 Å². The first-order chi connectivity index (χ1) is 6.66. The third kappa shape index (κ3) is 1.63. The van der Waals surface area contributed by atoms with Crippen LogP contribution in [0.15, 0.2) is 33.3 Å². The lowest BCUT2D eigenvalue weighted by atomic mass is 10.2. The molecule has 1 heterocycles. The Morgan fingerprint density at radius 3 is 2.79 bits per heavy atom. The Morgan fingerprint density at radius 1 is 1.36 bits per heavy atom. The van der Waals surface area contributed by atoms with E-state index in [1.165, 1.54) is 12.1 Å². The van der Waals surface area contributed by atoms with E-state index in [9.17, 15) is 4.39 Å². The van der Waals surface area contributed by atoms with E-state index >= 15 is 0 Å². The Hall–Kier alpha value is -1.36. The SMILES string of the molecule is Nc1cc(-c2cc(F)ccc2Br)on1. The minimum Gasteiger partial charge on any atom is -0.381 e. The molecule has 0 aliphatic carbocycles. The van der Waals surface area contributed by atoms with Crippen LogP contribution in [0.25, 0.3) is 11.3 Å². The first kappa shape index (κ1) is 9.21. The summed E-state index contributed by atoms with van der Waals surface area (Å²) < 4.78 is 18.6. The molecule has 1 aromatic carbocycles. The molecule has 2 N–H and O–H groups in total. The van der Waals surface area contributed by atoms with Crippen molar-refractivity contribution in [2.75, 3.05) is 5.73 Å². The van der Waals surface area contributed by atoms with Gasteiger partial charge in [0.15, 0.2) is 11.6 Å². The maximum absolute atomic E-state index is 12.9. The quantitative estimate of drug-likeness (QED) is 0.854. The molecule has 0 unspecified atom stereocenters. The van der Waals surface area contributed by atoms with E-state index < -0.39 is 0 Å². The second-order valence-corrected chi connectivity index (χ2v) is 3.59. The Morgan fingerprint density at radius 2 is 2.14 bits per heavy atom. The molecule has 0 radical (unpaired) electrons. The monoisotopic (exact) mass is 256 g/mol. The molecule has 0 atom stereocenters. The topological polar surface area (TPSA) is 52.0 Å². The second-order valence-electron chi connectivity index (χ2n) is 2.74. The first-order valence-electron chi connectivity index (χ1n) is 3.84. The van der Waals surface area contributed by atoms with Gasteiger partial charge in [-0.2, -0.15) is 0 Å². The average molecular weight is 257 g/mol. The predicted molar refractivity (Wildman–Crippen MR) is 54.0 cm³/mol. The normalized spacial score (nSPS) is 10.4. The molecule has 0 fully saturated rings. The van der Waals surface area contributed by atoms with Gasteiger partial charge in [0.1, 0.15) is 5.82 Å². The molecule has 14 heavy (non-hydrogen) atoms. The fraction of sp³-hybridized carbons (Fsp3) is 0. The van der Waals surface area contributed by atoms with Crippen molar-refractivity contribution in [2.24, 2.45) is 0 Å². The van der Waals surface area contributed by atoms with Crippen molar-refractivity contribution in [3.63, 3.8) is 0 Å². The van der Waals surface area contributed by atoms with Gasteiger partial charge in [-0.25, -0.2) is 4.39 Å². The van der Waals surface area contributed by atoms with Gasteiger partial charge in [0.2, 0.25) is 0 Å². The largest absolute Gasteiger partial charge is 0.381 e. The van der Waals surface area contributed by atoms with E-state index in [2.05, 4.69) is 21.1 Å². The zero-order valence-corrected chi connectivity index (χ0v) is 8.58. The fourth-order valence-electron chi connectivity index (χ4n) is 1.10. The lowest BCUT2D eigenvalue weighted by Crippen LogP contribution is -1.81. The van der Waals surface area contributed by atoms with Gasteiger partial charge in [-0.15, -0.1) is 0 Å². The number of aromatic nitrogens is 1. The number of rotatable bonds is 1. The van der Waals surface area contributed by atoms with Crippen LogP contribution in [0.4, 0.5) is 10.2 Å². The molecular formula is C9H6BrFN2O. The van der Waals surface area contributed by atoms with Gasteiger partial charge in [-0.1, -0.05) is 21.1 Å². The van der Waals surface area contributed by atoms with Crippen LogP contribution >= 0.6 is 15.9 Å². The summed E-state index contributed by atoms with van der Waals surface area (Å²) in [7, 11) is 0. The molecule has 0 spiro atoms. The van der Waals surface area contributed by atoms with Crippen molar-refractivity contribution >= 4 is 21.7 Å². The highest BCUT2D eigenvalue weighted by Crippen LogP contribution is 2.29. The van der Waals surface area contributed by atoms with Crippen molar-refractivity contribution in [2.45, 2.75) is 0 Å². The van der Waals surface area contributed by atoms with Crippen molar-refractivity contribution in [1.29, 1.82) is 0 Å². The standard InChI is InChI=1S/C9H6BrFN2O/c10-7-2-1-5(11)3-6(7)8-4-9(12)13-14-8/h1-4H,(H2,12,13). The first-order valence-corrected chi connectivity index (χ1v) is 4.64. The molecule has 5 heteroatoms. The number of benzene rings is 1. The highest BCUT2D eigenvalue weighted by molar-refractivity contribution is 9.10. The summed E-state index contributed by atoms with van der Waals surface area (Å²) in [5, 5.41) is 3.52. The average Bonchev–Trinajstić information content (AvgIpc) is 2.56. The lowest BCUT2D eigenvalue weighted by Gasteiger charge is -1.98. The lowest BCUT2D eigenvalue weighted by molar-refractivity contribution is 0.435. The minimum absolute atomic E-state index is 0.274. The van der Waals surface area contributed by atoms with Crippen LogP contribution in [0, 0.1) is 5.82 Å². The Kier molecular flexibility index (Phi) is 2.25. The van der Waals surface area contributed by atoms with Gasteiger partial charge in [0.25, 0.3) is 0 Å². The van der Waals surface area contributed by atoms with Crippen LogP contribution in [0.3, 0.4) is 0 Å². The number of hydrogen-bond acceptors (Lipinski definition) is 3. The molecule has 0 aliphatic rings. The summed E-state index contributed by atoms with van der Waals surface area (Å²) in [4.78, 5) is 0. The second kappa shape index (κ2) is 3.42. The molecule has 72 valence electrons. The molecule has 1 aromatic heterocycles. The number of nitrogens with two attached hydrogens (primary N) is 1. The Labute approximate surface area is 87.8 Å². The third-order valence-corrected chi connectivity index (χ3v) is 2.41. The van der Waals surface area contributed by atoms with E-state index in [1.54, 1.807) is 12.1 Å². The predicted octanol–water partition coefficient (Wildman–Crippen LogP) is 2.83. The molecule has 0 amide bonds. The molecule has 2 aromatic rings. The van der Waals surface area contributed by atoms with Gasteiger partial charge < -0.3 is 10.3 Å². The van der Waals surface area contributed by atoms with Crippen LogP contribution < -0.4 is 5.73 Å². The molecule has 3 nitrogen and oxygen atoms in total. The van der Waals surface area contributed by atoms with Crippen molar-refractivity contribution < 1.29 is 8.91 Å². The fourth-order valence-corrected chi connectivity index (χ4v) is 1.54. The van der Waals surface area contributed by atoms with Gasteiger partial charge in [0, 0.05) is 16.1 Å². The number of nitrogens with zero attached hydrogens (tertiary/aromatic N) is 1. The molecule has 0 aliphatic heterocycles. The summed E-state index contributed by atoms with van der Waals surface area (Å²) in [6.45, 7) is 0. The van der Waals surface area contributed by atoms with E-state index in [-0.39, 0.29) is 11.6 Å². The van der Waals surface area contributed by atoms with E-state index in [1.807, 2.05) is 0 Å². The van der Waals surface area contributed by atoms with Crippen LogP contribution in [-0.4, -0.2) is 5.16 Å². The smallest absolute Gasteiger partial charge is 0.170 e. The van der Waals surface area contributed by atoms with E-state index in [0.717, 1.165) is 4.47 Å². The molecular weight excluding hydrogens is 251 g/mol. The van der Waals surface area contributed by atoms with Crippen LogP contribution in [0.2, 0.25) is 0 Å². The van der Waals surface area contributed by atoms with Gasteiger partial charge in [-0.05, 0) is 18.2 Å². The van der Waals surface area contributed by atoms with Gasteiger partial charge in [0.05, 0.1) is 0 Å². The molecule has 0 saturated carbocycles. The summed E-state index contributed by atoms with van der Waals surface area (Å²) in [6.07, 6.45) is 0. The number of halogens is 2. The number of nitrogen functional groups attached to an aromatic ring is 1. The van der Waals surface area contributed by atoms with Crippen molar-refractivity contribution in [3.05, 3.63) is 34.6 Å². The third-order valence-electron chi connectivity index (χ3n) is 1.72. The highest BCUT2D eigenvalue weighted by Gasteiger charge is 2.09. The Balaban J connectivity index is 2.55. The molecule has 2 rings (SSSR count). The van der Waals surface area contributed by atoms with E-state index in [4.69, 9.17) is 10.3 Å². The molecule has 0 bridgehead atoms. The maximum atomic E-state index is 12.9. The number of hydrogen-bond donors (Lipinski definition) is 1. The van der Waals surface area contributed by atoms with Crippen molar-refractivity contribution in [3.8, 4) is 11.3 Å².